The van der Waals surface area contributed by atoms with Crippen LogP contribution in [0.1, 0.15) is 11.4 Å². The summed E-state index contributed by atoms with van der Waals surface area (Å²) < 4.78 is 2.71. The summed E-state index contributed by atoms with van der Waals surface area (Å²) in [6, 6.07) is 5.61. The number of benzene rings is 1. The van der Waals surface area contributed by atoms with Crippen molar-refractivity contribution in [2.24, 2.45) is 7.05 Å². The average molecular weight is 349 g/mol. The van der Waals surface area contributed by atoms with Crippen molar-refractivity contribution in [3.63, 3.8) is 0 Å². The van der Waals surface area contributed by atoms with Crippen molar-refractivity contribution in [2.45, 2.75) is 13.5 Å². The Morgan fingerprint density at radius 1 is 1.39 bits per heavy atom. The lowest BCUT2D eigenvalue weighted by atomic mass is 10.3. The molecule has 96 valence electrons. The van der Waals surface area contributed by atoms with Crippen LogP contribution in [0.25, 0.3) is 0 Å². The predicted molar refractivity (Wildman–Crippen MR) is 79.4 cm³/mol. The fourth-order valence-electron chi connectivity index (χ4n) is 1.68. The molecule has 2 aromatic rings. The smallest absolute Gasteiger partial charge is 0.0865 e. The van der Waals surface area contributed by atoms with E-state index in [2.05, 4.69) is 26.3 Å². The highest BCUT2D eigenvalue weighted by molar-refractivity contribution is 9.10. The second-order valence-electron chi connectivity index (χ2n) is 3.95. The highest BCUT2D eigenvalue weighted by Crippen LogP contribution is 2.27. The number of aromatic nitrogens is 2. The van der Waals surface area contributed by atoms with E-state index < -0.39 is 0 Å². The number of hydrogen-bond donors (Lipinski definition) is 1. The molecule has 0 fully saturated rings. The second-order valence-corrected chi connectivity index (χ2v) is 5.62. The number of rotatable bonds is 3. The van der Waals surface area contributed by atoms with E-state index in [1.54, 1.807) is 4.68 Å². The van der Waals surface area contributed by atoms with Gasteiger partial charge in [0, 0.05) is 22.2 Å². The lowest BCUT2D eigenvalue weighted by Crippen LogP contribution is -2.06. The van der Waals surface area contributed by atoms with Gasteiger partial charge >= 0.3 is 0 Å². The minimum absolute atomic E-state index is 0.608. The van der Waals surface area contributed by atoms with Crippen molar-refractivity contribution >= 4 is 44.8 Å². The molecule has 0 saturated heterocycles. The number of aryl methyl sites for hydroxylation is 2. The van der Waals surface area contributed by atoms with Gasteiger partial charge in [-0.05, 0) is 41.1 Å². The quantitative estimate of drug-likeness (QED) is 0.890. The summed E-state index contributed by atoms with van der Waals surface area (Å²) in [7, 11) is 1.88. The van der Waals surface area contributed by atoms with Gasteiger partial charge in [0.05, 0.1) is 23.0 Å². The molecule has 1 N–H and O–H groups in total. The Kier molecular flexibility index (Phi) is 4.20. The number of hydrogen-bond acceptors (Lipinski definition) is 2. The van der Waals surface area contributed by atoms with E-state index in [0.29, 0.717) is 16.6 Å². The molecule has 0 aliphatic heterocycles. The van der Waals surface area contributed by atoms with E-state index in [1.165, 1.54) is 0 Å². The number of anilines is 1. The van der Waals surface area contributed by atoms with Gasteiger partial charge in [0.15, 0.2) is 0 Å². The first-order valence-corrected chi connectivity index (χ1v) is 6.91. The fraction of sp³-hybridized carbons (Fsp3) is 0.250. The first kappa shape index (κ1) is 13.7. The van der Waals surface area contributed by atoms with Gasteiger partial charge in [0.25, 0.3) is 0 Å². The molecule has 0 radical (unpaired) electrons. The van der Waals surface area contributed by atoms with Gasteiger partial charge in [-0.25, -0.2) is 0 Å². The molecule has 1 heterocycles. The maximum atomic E-state index is 6.19. The van der Waals surface area contributed by atoms with E-state index in [9.17, 15) is 0 Å². The predicted octanol–water partition coefficient (Wildman–Crippen LogP) is 4.41. The highest BCUT2D eigenvalue weighted by Gasteiger charge is 2.11. The third-order valence-electron chi connectivity index (χ3n) is 2.64. The van der Waals surface area contributed by atoms with Gasteiger partial charge < -0.3 is 5.32 Å². The number of nitrogens with zero attached hydrogens (tertiary/aromatic N) is 2. The Morgan fingerprint density at radius 2 is 2.11 bits per heavy atom. The molecule has 0 atom stereocenters. The summed E-state index contributed by atoms with van der Waals surface area (Å²) in [5.41, 5.74) is 2.76. The monoisotopic (exact) mass is 347 g/mol. The van der Waals surface area contributed by atoms with Gasteiger partial charge in [0.2, 0.25) is 0 Å². The third-order valence-corrected chi connectivity index (χ3v) is 4.02. The average Bonchev–Trinajstić information content (AvgIpc) is 2.53. The SMILES string of the molecule is Cc1nn(C)c(CNc2ccc(Cl)cc2Br)c1Cl. The summed E-state index contributed by atoms with van der Waals surface area (Å²) >= 11 is 15.5. The molecule has 1 aromatic carbocycles. The normalized spacial score (nSPS) is 10.7. The maximum absolute atomic E-state index is 6.19. The van der Waals surface area contributed by atoms with Crippen molar-refractivity contribution < 1.29 is 0 Å². The van der Waals surface area contributed by atoms with Gasteiger partial charge in [-0.3, -0.25) is 4.68 Å². The zero-order valence-corrected chi connectivity index (χ0v) is 13.1. The highest BCUT2D eigenvalue weighted by atomic mass is 79.9. The Hall–Kier alpha value is -0.710. The van der Waals surface area contributed by atoms with Gasteiger partial charge in [-0.1, -0.05) is 23.2 Å². The van der Waals surface area contributed by atoms with E-state index in [0.717, 1.165) is 21.5 Å². The second kappa shape index (κ2) is 5.51. The lowest BCUT2D eigenvalue weighted by molar-refractivity contribution is 0.713. The fourth-order valence-corrected chi connectivity index (χ4v) is 2.73. The van der Waals surface area contributed by atoms with E-state index in [-0.39, 0.29) is 0 Å². The standard InChI is InChI=1S/C12H12BrCl2N3/c1-7-12(15)11(18(2)17-7)6-16-10-4-3-8(14)5-9(10)13/h3-5,16H,6H2,1-2H3. The van der Waals surface area contributed by atoms with E-state index in [4.69, 9.17) is 23.2 Å². The van der Waals surface area contributed by atoms with Crippen LogP contribution in [0.2, 0.25) is 10.0 Å². The molecular formula is C12H12BrCl2N3. The topological polar surface area (TPSA) is 29.9 Å². The van der Waals surface area contributed by atoms with Crippen LogP contribution in [-0.2, 0) is 13.6 Å². The Morgan fingerprint density at radius 3 is 2.67 bits per heavy atom. The maximum Gasteiger partial charge on any atom is 0.0865 e. The Bertz CT molecular complexity index is 581. The molecule has 0 saturated carbocycles. The minimum atomic E-state index is 0.608. The molecule has 18 heavy (non-hydrogen) atoms. The molecule has 0 amide bonds. The summed E-state index contributed by atoms with van der Waals surface area (Å²) in [4.78, 5) is 0. The van der Waals surface area contributed by atoms with Crippen LogP contribution in [0.4, 0.5) is 5.69 Å². The van der Waals surface area contributed by atoms with Gasteiger partial charge in [0.1, 0.15) is 0 Å². The molecule has 0 unspecified atom stereocenters. The summed E-state index contributed by atoms with van der Waals surface area (Å²) in [5, 5.41) is 8.97. The van der Waals surface area contributed by atoms with Crippen LogP contribution in [0.3, 0.4) is 0 Å². The van der Waals surface area contributed by atoms with Crippen molar-refractivity contribution in [1.29, 1.82) is 0 Å². The molecule has 0 bridgehead atoms. The van der Waals surface area contributed by atoms with Crippen molar-refractivity contribution in [1.82, 2.24) is 9.78 Å². The Labute approximate surface area is 124 Å². The molecule has 1 aromatic heterocycles. The molecule has 0 spiro atoms. The lowest BCUT2D eigenvalue weighted by Gasteiger charge is -2.09. The van der Waals surface area contributed by atoms with Crippen LogP contribution in [-0.4, -0.2) is 9.78 Å². The first-order valence-electron chi connectivity index (χ1n) is 5.36. The zero-order chi connectivity index (χ0) is 13.3. The van der Waals surface area contributed by atoms with Crippen LogP contribution in [0.15, 0.2) is 22.7 Å². The van der Waals surface area contributed by atoms with Crippen LogP contribution < -0.4 is 5.32 Å². The molecule has 6 heteroatoms. The molecule has 3 nitrogen and oxygen atoms in total. The van der Waals surface area contributed by atoms with Crippen molar-refractivity contribution in [3.8, 4) is 0 Å². The summed E-state index contributed by atoms with van der Waals surface area (Å²) in [5.74, 6) is 0. The Balaban J connectivity index is 2.16. The molecule has 2 rings (SSSR count). The molecule has 0 aliphatic carbocycles. The molecule has 0 aliphatic rings. The van der Waals surface area contributed by atoms with Gasteiger partial charge in [-0.2, -0.15) is 5.10 Å². The van der Waals surface area contributed by atoms with E-state index >= 15 is 0 Å². The first-order chi connectivity index (χ1) is 8.49. The largest absolute Gasteiger partial charge is 0.378 e. The summed E-state index contributed by atoms with van der Waals surface area (Å²) in [6.07, 6.45) is 0. The van der Waals surface area contributed by atoms with E-state index in [1.807, 2.05) is 32.2 Å². The number of nitrogens with one attached hydrogen (secondary N) is 1. The summed E-state index contributed by atoms with van der Waals surface area (Å²) in [6.45, 7) is 2.50. The zero-order valence-electron chi connectivity index (χ0n) is 9.97. The number of halogens is 3. The van der Waals surface area contributed by atoms with Crippen LogP contribution >= 0.6 is 39.1 Å². The molecular weight excluding hydrogens is 337 g/mol. The third kappa shape index (κ3) is 2.82. The van der Waals surface area contributed by atoms with Gasteiger partial charge in [-0.15, -0.1) is 0 Å². The van der Waals surface area contributed by atoms with Crippen molar-refractivity contribution in [2.75, 3.05) is 5.32 Å². The van der Waals surface area contributed by atoms with Crippen molar-refractivity contribution in [3.05, 3.63) is 44.1 Å². The minimum Gasteiger partial charge on any atom is -0.378 e. The van der Waals surface area contributed by atoms with Crippen LogP contribution in [0, 0.1) is 6.92 Å². The van der Waals surface area contributed by atoms with Crippen LogP contribution in [0.5, 0.6) is 0 Å².